The van der Waals surface area contributed by atoms with Crippen molar-refractivity contribution >= 4 is 11.6 Å². The Bertz CT molecular complexity index is 508. The highest BCUT2D eigenvalue weighted by atomic mass is 35.5. The van der Waals surface area contributed by atoms with Gasteiger partial charge < -0.3 is 4.57 Å². The number of nitrogens with zero attached hydrogens (tertiary/aromatic N) is 3. The Morgan fingerprint density at radius 2 is 2.12 bits per heavy atom. The normalized spacial score (nSPS) is 11.1. The number of rotatable bonds is 2. The minimum Gasteiger partial charge on any atom is -0.311 e. The molecule has 0 saturated carbocycles. The van der Waals surface area contributed by atoms with Gasteiger partial charge in [0.15, 0.2) is 5.82 Å². The first-order valence-electron chi connectivity index (χ1n) is 4.94. The molecule has 0 atom stereocenters. The molecule has 0 aliphatic heterocycles. The number of hydrogen-bond acceptors (Lipinski definition) is 2. The first-order chi connectivity index (χ1) is 7.59. The molecule has 0 fully saturated rings. The molecule has 0 aliphatic rings. The minimum absolute atomic E-state index is 0.181. The van der Waals surface area contributed by atoms with E-state index in [1.54, 1.807) is 18.5 Å². The van der Waals surface area contributed by atoms with Gasteiger partial charge in [-0.2, -0.15) is 0 Å². The van der Waals surface area contributed by atoms with Crippen LogP contribution in [0.1, 0.15) is 19.9 Å². The van der Waals surface area contributed by atoms with Crippen molar-refractivity contribution in [3.05, 3.63) is 35.4 Å². The lowest BCUT2D eigenvalue weighted by molar-refractivity contribution is 0.594. The standard InChI is InChI=1S/C11H11ClFN3/c1-7(2)16-6-14-15-11(16)9-4-3-8(12)5-10(9)13/h3-7H,1-2H3. The van der Waals surface area contributed by atoms with Crippen molar-refractivity contribution in [3.8, 4) is 11.4 Å². The highest BCUT2D eigenvalue weighted by Crippen LogP contribution is 2.25. The molecular formula is C11H11ClFN3. The molecule has 1 heterocycles. The van der Waals surface area contributed by atoms with Crippen molar-refractivity contribution in [1.82, 2.24) is 14.8 Å². The van der Waals surface area contributed by atoms with Crippen molar-refractivity contribution in [2.45, 2.75) is 19.9 Å². The molecular weight excluding hydrogens is 229 g/mol. The van der Waals surface area contributed by atoms with Crippen LogP contribution in [0.3, 0.4) is 0 Å². The van der Waals surface area contributed by atoms with Gasteiger partial charge in [0.05, 0.1) is 5.56 Å². The molecule has 1 aromatic carbocycles. The molecule has 3 nitrogen and oxygen atoms in total. The molecule has 16 heavy (non-hydrogen) atoms. The zero-order valence-corrected chi connectivity index (χ0v) is 9.74. The topological polar surface area (TPSA) is 30.7 Å². The third kappa shape index (κ3) is 1.93. The Balaban J connectivity index is 2.54. The van der Waals surface area contributed by atoms with Crippen LogP contribution in [0.25, 0.3) is 11.4 Å². The molecule has 0 radical (unpaired) electrons. The second-order valence-electron chi connectivity index (χ2n) is 3.78. The van der Waals surface area contributed by atoms with E-state index >= 15 is 0 Å². The van der Waals surface area contributed by atoms with E-state index in [4.69, 9.17) is 11.6 Å². The monoisotopic (exact) mass is 239 g/mol. The van der Waals surface area contributed by atoms with E-state index in [1.807, 2.05) is 18.4 Å². The maximum absolute atomic E-state index is 13.7. The lowest BCUT2D eigenvalue weighted by Crippen LogP contribution is -2.02. The Morgan fingerprint density at radius 1 is 1.38 bits per heavy atom. The van der Waals surface area contributed by atoms with Gasteiger partial charge in [-0.25, -0.2) is 4.39 Å². The first-order valence-corrected chi connectivity index (χ1v) is 5.32. The van der Waals surface area contributed by atoms with Gasteiger partial charge in [-0.3, -0.25) is 0 Å². The van der Waals surface area contributed by atoms with E-state index in [2.05, 4.69) is 10.2 Å². The van der Waals surface area contributed by atoms with Gasteiger partial charge in [0.1, 0.15) is 12.1 Å². The summed E-state index contributed by atoms with van der Waals surface area (Å²) in [6.07, 6.45) is 1.59. The summed E-state index contributed by atoms with van der Waals surface area (Å²) in [4.78, 5) is 0. The van der Waals surface area contributed by atoms with Crippen molar-refractivity contribution < 1.29 is 4.39 Å². The Kier molecular flexibility index (Phi) is 2.92. The lowest BCUT2D eigenvalue weighted by atomic mass is 10.2. The predicted molar refractivity (Wildman–Crippen MR) is 60.8 cm³/mol. The molecule has 2 aromatic rings. The Hall–Kier alpha value is -1.42. The van der Waals surface area contributed by atoms with Crippen LogP contribution in [0.4, 0.5) is 4.39 Å². The van der Waals surface area contributed by atoms with Crippen molar-refractivity contribution in [3.63, 3.8) is 0 Å². The van der Waals surface area contributed by atoms with Crippen LogP contribution in [0.15, 0.2) is 24.5 Å². The summed E-state index contributed by atoms with van der Waals surface area (Å²) in [5.41, 5.74) is 0.413. The van der Waals surface area contributed by atoms with Gasteiger partial charge in [0.25, 0.3) is 0 Å². The molecule has 0 unspecified atom stereocenters. The number of benzene rings is 1. The lowest BCUT2D eigenvalue weighted by Gasteiger charge is -2.10. The van der Waals surface area contributed by atoms with Crippen LogP contribution in [0, 0.1) is 5.82 Å². The third-order valence-electron chi connectivity index (χ3n) is 2.30. The number of aromatic nitrogens is 3. The SMILES string of the molecule is CC(C)n1cnnc1-c1ccc(Cl)cc1F. The fraction of sp³-hybridized carbons (Fsp3) is 0.273. The van der Waals surface area contributed by atoms with E-state index < -0.39 is 0 Å². The third-order valence-corrected chi connectivity index (χ3v) is 2.54. The Labute approximate surface area is 97.9 Å². The zero-order valence-electron chi connectivity index (χ0n) is 8.98. The fourth-order valence-corrected chi connectivity index (χ4v) is 1.64. The largest absolute Gasteiger partial charge is 0.311 e. The quantitative estimate of drug-likeness (QED) is 0.805. The molecule has 0 saturated heterocycles. The van der Waals surface area contributed by atoms with Crippen molar-refractivity contribution in [1.29, 1.82) is 0 Å². The van der Waals surface area contributed by atoms with Crippen LogP contribution < -0.4 is 0 Å². The van der Waals surface area contributed by atoms with E-state index in [0.29, 0.717) is 16.4 Å². The van der Waals surface area contributed by atoms with Crippen molar-refractivity contribution in [2.24, 2.45) is 0 Å². The van der Waals surface area contributed by atoms with E-state index in [9.17, 15) is 4.39 Å². The molecule has 1 aromatic heterocycles. The number of hydrogen-bond donors (Lipinski definition) is 0. The fourth-order valence-electron chi connectivity index (χ4n) is 1.48. The maximum atomic E-state index is 13.7. The Morgan fingerprint density at radius 3 is 2.75 bits per heavy atom. The minimum atomic E-state index is -0.387. The molecule has 0 amide bonds. The van der Waals surface area contributed by atoms with E-state index in [-0.39, 0.29) is 11.9 Å². The number of halogens is 2. The predicted octanol–water partition coefficient (Wildman–Crippen LogP) is 3.32. The van der Waals surface area contributed by atoms with Crippen molar-refractivity contribution in [2.75, 3.05) is 0 Å². The van der Waals surface area contributed by atoms with E-state index in [1.165, 1.54) is 6.07 Å². The molecule has 0 N–H and O–H groups in total. The smallest absolute Gasteiger partial charge is 0.166 e. The van der Waals surface area contributed by atoms with Crippen LogP contribution in [0.5, 0.6) is 0 Å². The van der Waals surface area contributed by atoms with Gasteiger partial charge >= 0.3 is 0 Å². The summed E-state index contributed by atoms with van der Waals surface area (Å²) < 4.78 is 15.5. The summed E-state index contributed by atoms with van der Waals surface area (Å²) in [5, 5.41) is 8.10. The average Bonchev–Trinajstić information content (AvgIpc) is 2.66. The van der Waals surface area contributed by atoms with Crippen LogP contribution >= 0.6 is 11.6 Å². The summed E-state index contributed by atoms with van der Waals surface area (Å²) >= 11 is 5.70. The van der Waals surface area contributed by atoms with Gasteiger partial charge in [0.2, 0.25) is 0 Å². The highest BCUT2D eigenvalue weighted by molar-refractivity contribution is 6.30. The van der Waals surface area contributed by atoms with Crippen LogP contribution in [-0.2, 0) is 0 Å². The molecule has 5 heteroatoms. The highest BCUT2D eigenvalue weighted by Gasteiger charge is 2.13. The second-order valence-corrected chi connectivity index (χ2v) is 4.22. The van der Waals surface area contributed by atoms with Gasteiger partial charge in [-0.15, -0.1) is 10.2 Å². The van der Waals surface area contributed by atoms with Gasteiger partial charge in [-0.1, -0.05) is 11.6 Å². The van der Waals surface area contributed by atoms with Crippen LogP contribution in [0.2, 0.25) is 5.02 Å². The van der Waals surface area contributed by atoms with Crippen LogP contribution in [-0.4, -0.2) is 14.8 Å². The summed E-state index contributed by atoms with van der Waals surface area (Å²) in [6.45, 7) is 3.97. The molecule has 2 rings (SSSR count). The second kappa shape index (κ2) is 4.22. The summed E-state index contributed by atoms with van der Waals surface area (Å²) in [6, 6.07) is 4.70. The van der Waals surface area contributed by atoms with Gasteiger partial charge in [0, 0.05) is 11.1 Å². The first kappa shape index (κ1) is 11.1. The average molecular weight is 240 g/mol. The summed E-state index contributed by atoms with van der Waals surface area (Å²) in [7, 11) is 0. The molecule has 0 spiro atoms. The molecule has 0 aliphatic carbocycles. The van der Waals surface area contributed by atoms with Gasteiger partial charge in [-0.05, 0) is 32.0 Å². The molecule has 84 valence electrons. The molecule has 0 bridgehead atoms. The van der Waals surface area contributed by atoms with E-state index in [0.717, 1.165) is 0 Å². The maximum Gasteiger partial charge on any atom is 0.166 e. The summed E-state index contributed by atoms with van der Waals surface area (Å²) in [5.74, 6) is 0.131. The zero-order chi connectivity index (χ0) is 11.7.